The summed E-state index contributed by atoms with van der Waals surface area (Å²) in [4.78, 5) is 24.1. The number of carbonyl (C=O) groups is 2. The fraction of sp³-hybridized carbons (Fsp3) is 0.263. The first-order valence-electron chi connectivity index (χ1n) is 8.31. The Morgan fingerprint density at radius 1 is 1.07 bits per heavy atom. The number of nitrogens with one attached hydrogen (secondary N) is 2. The number of halogens is 2. The highest BCUT2D eigenvalue weighted by Crippen LogP contribution is 2.32. The van der Waals surface area contributed by atoms with Crippen LogP contribution < -0.4 is 20.3 Å². The second-order valence-electron chi connectivity index (χ2n) is 5.70. The molecule has 6 nitrogen and oxygen atoms in total. The largest absolute Gasteiger partial charge is 0.494 e. The van der Waals surface area contributed by atoms with Crippen LogP contribution >= 0.6 is 31.9 Å². The van der Waals surface area contributed by atoms with Gasteiger partial charge >= 0.3 is 0 Å². The van der Waals surface area contributed by atoms with Gasteiger partial charge in [0.1, 0.15) is 11.5 Å². The van der Waals surface area contributed by atoms with Gasteiger partial charge in [0.25, 0.3) is 11.8 Å². The molecule has 0 spiro atoms. The molecule has 0 bridgehead atoms. The van der Waals surface area contributed by atoms with Crippen LogP contribution in [-0.2, 0) is 4.79 Å². The Kier molecular flexibility index (Phi) is 8.12. The summed E-state index contributed by atoms with van der Waals surface area (Å²) < 4.78 is 12.7. The van der Waals surface area contributed by atoms with Crippen LogP contribution in [0.25, 0.3) is 0 Å². The number of aryl methyl sites for hydroxylation is 1. The van der Waals surface area contributed by atoms with Crippen molar-refractivity contribution >= 4 is 43.7 Å². The minimum absolute atomic E-state index is 0.235. The average molecular weight is 500 g/mol. The van der Waals surface area contributed by atoms with Gasteiger partial charge in [0.15, 0.2) is 6.61 Å². The van der Waals surface area contributed by atoms with Crippen LogP contribution in [0.1, 0.15) is 29.3 Å². The van der Waals surface area contributed by atoms with Gasteiger partial charge in [-0.1, -0.05) is 28.9 Å². The quantitative estimate of drug-likeness (QED) is 0.561. The van der Waals surface area contributed by atoms with Crippen molar-refractivity contribution in [2.75, 3.05) is 13.2 Å². The van der Waals surface area contributed by atoms with E-state index in [2.05, 4.69) is 42.7 Å². The highest BCUT2D eigenvalue weighted by atomic mass is 79.9. The molecule has 0 unspecified atom stereocenters. The Bertz CT molecular complexity index is 804. The molecule has 0 radical (unpaired) electrons. The van der Waals surface area contributed by atoms with Crippen molar-refractivity contribution < 1.29 is 19.1 Å². The van der Waals surface area contributed by atoms with Crippen molar-refractivity contribution in [3.8, 4) is 11.5 Å². The van der Waals surface area contributed by atoms with E-state index in [1.807, 2.05) is 26.0 Å². The van der Waals surface area contributed by atoms with Gasteiger partial charge < -0.3 is 9.47 Å². The molecule has 2 rings (SSSR count). The van der Waals surface area contributed by atoms with E-state index in [9.17, 15) is 9.59 Å². The van der Waals surface area contributed by atoms with Gasteiger partial charge in [0.05, 0.1) is 11.1 Å². The van der Waals surface area contributed by atoms with E-state index in [0.717, 1.165) is 20.9 Å². The molecule has 0 saturated heterocycles. The molecular weight excluding hydrogens is 480 g/mol. The normalized spacial score (nSPS) is 10.2. The predicted molar refractivity (Wildman–Crippen MR) is 110 cm³/mol. The molecule has 0 fully saturated rings. The molecule has 0 aliphatic carbocycles. The Labute approximate surface area is 174 Å². The number of hydrazine groups is 1. The number of hydrogen-bond donors (Lipinski definition) is 2. The van der Waals surface area contributed by atoms with Gasteiger partial charge in [-0.25, -0.2) is 0 Å². The minimum Gasteiger partial charge on any atom is -0.494 e. The third-order valence-corrected chi connectivity index (χ3v) is 4.47. The highest BCUT2D eigenvalue weighted by Gasteiger charge is 2.11. The lowest BCUT2D eigenvalue weighted by Gasteiger charge is -2.12. The Morgan fingerprint density at radius 2 is 1.85 bits per heavy atom. The zero-order valence-electron chi connectivity index (χ0n) is 15.0. The van der Waals surface area contributed by atoms with Crippen molar-refractivity contribution in [2.45, 2.75) is 20.3 Å². The monoisotopic (exact) mass is 498 g/mol. The van der Waals surface area contributed by atoms with Crippen LogP contribution in [0.5, 0.6) is 11.5 Å². The summed E-state index contributed by atoms with van der Waals surface area (Å²) in [5.74, 6) is 0.262. The molecule has 0 heterocycles. The molecule has 27 heavy (non-hydrogen) atoms. The predicted octanol–water partition coefficient (Wildman–Crippen LogP) is 4.15. The zero-order chi connectivity index (χ0) is 19.8. The highest BCUT2D eigenvalue weighted by molar-refractivity contribution is 9.11. The summed E-state index contributed by atoms with van der Waals surface area (Å²) in [5.41, 5.74) is 5.96. The number of amides is 2. The van der Waals surface area contributed by atoms with E-state index in [-0.39, 0.29) is 6.61 Å². The van der Waals surface area contributed by atoms with Crippen LogP contribution in [-0.4, -0.2) is 25.0 Å². The molecule has 2 aromatic rings. The first-order chi connectivity index (χ1) is 12.9. The average Bonchev–Trinajstić information content (AvgIpc) is 2.63. The molecule has 144 valence electrons. The Balaban J connectivity index is 1.86. The Hall–Kier alpha value is -2.06. The SMILES string of the molecule is CCCOc1cccc(C(=O)NNC(=O)COc2c(C)cc(Br)cc2Br)c1. The molecule has 8 heteroatoms. The number of carbonyl (C=O) groups excluding carboxylic acids is 2. The molecule has 2 aromatic carbocycles. The van der Waals surface area contributed by atoms with Crippen molar-refractivity contribution in [2.24, 2.45) is 0 Å². The van der Waals surface area contributed by atoms with E-state index in [0.29, 0.717) is 23.7 Å². The topological polar surface area (TPSA) is 76.7 Å². The number of ether oxygens (including phenoxy) is 2. The van der Waals surface area contributed by atoms with E-state index in [4.69, 9.17) is 9.47 Å². The van der Waals surface area contributed by atoms with Gasteiger partial charge in [-0.2, -0.15) is 0 Å². The third kappa shape index (κ3) is 6.55. The zero-order valence-corrected chi connectivity index (χ0v) is 18.1. The molecule has 2 N–H and O–H groups in total. The summed E-state index contributed by atoms with van der Waals surface area (Å²) in [6.45, 7) is 4.21. The second-order valence-corrected chi connectivity index (χ2v) is 7.47. The Morgan fingerprint density at radius 3 is 2.56 bits per heavy atom. The van der Waals surface area contributed by atoms with E-state index < -0.39 is 11.8 Å². The second kappa shape index (κ2) is 10.3. The van der Waals surface area contributed by atoms with Gasteiger partial charge in [-0.05, 0) is 65.2 Å². The lowest BCUT2D eigenvalue weighted by atomic mass is 10.2. The first kappa shape index (κ1) is 21.2. The van der Waals surface area contributed by atoms with Crippen LogP contribution in [0.4, 0.5) is 0 Å². The number of benzene rings is 2. The summed E-state index contributed by atoms with van der Waals surface area (Å²) in [6.07, 6.45) is 0.875. The van der Waals surface area contributed by atoms with E-state index in [1.165, 1.54) is 0 Å². The van der Waals surface area contributed by atoms with Crippen LogP contribution in [0.15, 0.2) is 45.3 Å². The number of rotatable bonds is 7. The molecule has 2 amide bonds. The van der Waals surface area contributed by atoms with Gasteiger partial charge in [0, 0.05) is 10.0 Å². The third-order valence-electron chi connectivity index (χ3n) is 3.43. The molecule has 0 aromatic heterocycles. The molecule has 0 atom stereocenters. The van der Waals surface area contributed by atoms with Crippen molar-refractivity contribution in [3.05, 3.63) is 56.5 Å². The molecule has 0 aliphatic heterocycles. The van der Waals surface area contributed by atoms with Crippen LogP contribution in [0, 0.1) is 6.92 Å². The first-order valence-corrected chi connectivity index (χ1v) is 9.89. The summed E-state index contributed by atoms with van der Waals surface area (Å²) in [5, 5.41) is 0. The maximum atomic E-state index is 12.2. The molecular formula is C19H20Br2N2O4. The van der Waals surface area contributed by atoms with Crippen molar-refractivity contribution in [3.63, 3.8) is 0 Å². The molecule has 0 aliphatic rings. The van der Waals surface area contributed by atoms with Crippen molar-refractivity contribution in [1.82, 2.24) is 10.9 Å². The van der Waals surface area contributed by atoms with Gasteiger partial charge in [-0.3, -0.25) is 20.4 Å². The van der Waals surface area contributed by atoms with Crippen LogP contribution in [0.2, 0.25) is 0 Å². The molecule has 0 saturated carbocycles. The maximum absolute atomic E-state index is 12.2. The van der Waals surface area contributed by atoms with Crippen molar-refractivity contribution in [1.29, 1.82) is 0 Å². The fourth-order valence-corrected chi connectivity index (χ4v) is 3.74. The standard InChI is InChI=1S/C19H20Br2N2O4/c1-3-7-26-15-6-4-5-13(9-15)19(25)23-22-17(24)11-27-18-12(2)8-14(20)10-16(18)21/h4-6,8-10H,3,7,11H2,1-2H3,(H,22,24)(H,23,25). The van der Waals surface area contributed by atoms with Crippen LogP contribution in [0.3, 0.4) is 0 Å². The smallest absolute Gasteiger partial charge is 0.276 e. The van der Waals surface area contributed by atoms with Gasteiger partial charge in [-0.15, -0.1) is 0 Å². The van der Waals surface area contributed by atoms with E-state index >= 15 is 0 Å². The lowest BCUT2D eigenvalue weighted by Crippen LogP contribution is -2.43. The summed E-state index contributed by atoms with van der Waals surface area (Å²) in [6, 6.07) is 10.5. The number of hydrogen-bond acceptors (Lipinski definition) is 4. The maximum Gasteiger partial charge on any atom is 0.276 e. The summed E-state index contributed by atoms with van der Waals surface area (Å²) in [7, 11) is 0. The lowest BCUT2D eigenvalue weighted by molar-refractivity contribution is -0.123. The summed E-state index contributed by atoms with van der Waals surface area (Å²) >= 11 is 6.78. The minimum atomic E-state index is -0.476. The fourth-order valence-electron chi connectivity index (χ4n) is 2.19. The van der Waals surface area contributed by atoms with E-state index in [1.54, 1.807) is 24.3 Å². The van der Waals surface area contributed by atoms with Gasteiger partial charge in [0.2, 0.25) is 0 Å².